The first-order valence-electron chi connectivity index (χ1n) is 10.7. The Morgan fingerprint density at radius 2 is 1.89 bits per heavy atom. The van der Waals surface area contributed by atoms with Crippen LogP contribution < -0.4 is 20.5 Å². The zero-order chi connectivity index (χ0) is 25.1. The number of carbonyl (C=O) groups excluding carboxylic acids is 1. The Hall–Kier alpha value is -4.49. The van der Waals surface area contributed by atoms with Crippen molar-refractivity contribution in [1.29, 1.82) is 5.26 Å². The molecular formula is C25H23N5O5. The average Bonchev–Trinajstić information content (AvgIpc) is 2.88. The quantitative estimate of drug-likeness (QED) is 0.394. The summed E-state index contributed by atoms with van der Waals surface area (Å²) >= 11 is 0. The number of benzene rings is 1. The van der Waals surface area contributed by atoms with E-state index >= 15 is 0 Å². The van der Waals surface area contributed by atoms with Crippen LogP contribution in [0.5, 0.6) is 11.5 Å². The lowest BCUT2D eigenvalue weighted by molar-refractivity contribution is 0.0996. The van der Waals surface area contributed by atoms with E-state index in [0.29, 0.717) is 22.8 Å². The van der Waals surface area contributed by atoms with Gasteiger partial charge in [-0.2, -0.15) is 10.3 Å². The van der Waals surface area contributed by atoms with Gasteiger partial charge < -0.3 is 18.8 Å². The minimum absolute atomic E-state index is 0.0638. The summed E-state index contributed by atoms with van der Waals surface area (Å²) in [5.74, 6) is 0.243. The number of pyridine rings is 2. The summed E-state index contributed by atoms with van der Waals surface area (Å²) in [6.45, 7) is 2.31. The van der Waals surface area contributed by atoms with Crippen LogP contribution in [0.15, 0.2) is 52.4 Å². The summed E-state index contributed by atoms with van der Waals surface area (Å²) in [5.41, 5.74) is 1.64. The van der Waals surface area contributed by atoms with E-state index in [1.54, 1.807) is 29.0 Å². The fraction of sp³-hybridized carbons (Fsp3) is 0.240. The number of hydrogen-bond donors (Lipinski definition) is 0. The van der Waals surface area contributed by atoms with E-state index in [2.05, 4.69) is 11.1 Å². The van der Waals surface area contributed by atoms with Crippen molar-refractivity contribution in [3.05, 3.63) is 75.1 Å². The summed E-state index contributed by atoms with van der Waals surface area (Å²) < 4.78 is 18.8. The van der Waals surface area contributed by atoms with Crippen molar-refractivity contribution >= 4 is 22.6 Å². The summed E-state index contributed by atoms with van der Waals surface area (Å²) in [6.07, 6.45) is 1.63. The summed E-state index contributed by atoms with van der Waals surface area (Å²) in [6, 6.07) is 11.8. The van der Waals surface area contributed by atoms with Gasteiger partial charge in [0, 0.05) is 25.4 Å². The molecule has 4 aromatic rings. The molecule has 0 radical (unpaired) electrons. The monoisotopic (exact) mass is 473 g/mol. The number of nitrogens with zero attached hydrogens (tertiary/aromatic N) is 5. The molecule has 10 nitrogen and oxygen atoms in total. The first-order chi connectivity index (χ1) is 16.9. The van der Waals surface area contributed by atoms with Gasteiger partial charge >= 0.3 is 0 Å². The lowest BCUT2D eigenvalue weighted by Crippen LogP contribution is -2.30. The van der Waals surface area contributed by atoms with Crippen LogP contribution in [-0.2, 0) is 11.3 Å². The number of amides is 1. The molecule has 0 aliphatic carbocycles. The van der Waals surface area contributed by atoms with Crippen molar-refractivity contribution in [3.8, 4) is 17.6 Å². The third kappa shape index (κ3) is 4.25. The van der Waals surface area contributed by atoms with Gasteiger partial charge in [0.2, 0.25) is 0 Å². The number of methoxy groups -OCH3 is 3. The average molecular weight is 473 g/mol. The predicted molar refractivity (Wildman–Crippen MR) is 128 cm³/mol. The fourth-order valence-electron chi connectivity index (χ4n) is 3.81. The number of ether oxygens (including phenoxy) is 3. The van der Waals surface area contributed by atoms with Crippen LogP contribution >= 0.6 is 0 Å². The van der Waals surface area contributed by atoms with Crippen LogP contribution in [0.3, 0.4) is 0 Å². The van der Waals surface area contributed by atoms with E-state index in [-0.39, 0.29) is 40.7 Å². The lowest BCUT2D eigenvalue weighted by Gasteiger charge is -2.14. The van der Waals surface area contributed by atoms with Crippen LogP contribution in [0.1, 0.15) is 21.5 Å². The van der Waals surface area contributed by atoms with Crippen LogP contribution in [0.4, 0.5) is 0 Å². The Labute approximate surface area is 200 Å². The first-order valence-corrected chi connectivity index (χ1v) is 10.7. The molecule has 178 valence electrons. The van der Waals surface area contributed by atoms with Gasteiger partial charge in [0.05, 0.1) is 31.8 Å². The standard InChI is InChI=1S/C25H23N5O5/c1-15-6-5-9-30-21(15)27-23-18(25(30)32)12-17(14-26)22(29(23)10-11-33-2)28-24(31)16-7-8-19(34-3)20(13-16)35-4/h5-9,12-13H,10-11H2,1-4H3. The van der Waals surface area contributed by atoms with Crippen LogP contribution in [-0.4, -0.2) is 47.8 Å². The van der Waals surface area contributed by atoms with E-state index in [0.717, 1.165) is 5.56 Å². The molecule has 0 aliphatic heterocycles. The van der Waals surface area contributed by atoms with Crippen molar-refractivity contribution in [3.63, 3.8) is 0 Å². The number of nitriles is 1. The first kappa shape index (κ1) is 23.7. The lowest BCUT2D eigenvalue weighted by atomic mass is 10.2. The largest absolute Gasteiger partial charge is 0.493 e. The molecule has 0 aliphatic rings. The van der Waals surface area contributed by atoms with Gasteiger partial charge in [-0.25, -0.2) is 4.98 Å². The molecule has 0 N–H and O–H groups in total. The molecule has 3 heterocycles. The van der Waals surface area contributed by atoms with Crippen molar-refractivity contribution in [2.24, 2.45) is 4.99 Å². The second kappa shape index (κ2) is 9.79. The van der Waals surface area contributed by atoms with E-state index in [4.69, 9.17) is 19.2 Å². The zero-order valence-electron chi connectivity index (χ0n) is 19.7. The van der Waals surface area contributed by atoms with Crippen molar-refractivity contribution in [1.82, 2.24) is 14.0 Å². The Morgan fingerprint density at radius 3 is 2.57 bits per heavy atom. The Kier molecular flexibility index (Phi) is 6.62. The highest BCUT2D eigenvalue weighted by molar-refractivity contribution is 5.95. The summed E-state index contributed by atoms with van der Waals surface area (Å²) in [7, 11) is 4.50. The van der Waals surface area contributed by atoms with E-state index in [1.807, 2.05) is 13.0 Å². The maximum Gasteiger partial charge on any atom is 0.279 e. The van der Waals surface area contributed by atoms with Gasteiger partial charge in [0.15, 0.2) is 17.0 Å². The highest BCUT2D eigenvalue weighted by Gasteiger charge is 2.17. The number of aryl methyl sites for hydroxylation is 1. The molecule has 10 heteroatoms. The molecule has 1 amide bonds. The highest BCUT2D eigenvalue weighted by Crippen LogP contribution is 2.27. The number of hydrogen-bond acceptors (Lipinski definition) is 7. The molecule has 0 fully saturated rings. The van der Waals surface area contributed by atoms with Crippen molar-refractivity contribution < 1.29 is 19.0 Å². The molecule has 0 atom stereocenters. The van der Waals surface area contributed by atoms with E-state index < -0.39 is 5.91 Å². The Balaban J connectivity index is 2.04. The molecule has 0 saturated carbocycles. The van der Waals surface area contributed by atoms with Crippen molar-refractivity contribution in [2.75, 3.05) is 27.9 Å². The van der Waals surface area contributed by atoms with Gasteiger partial charge in [-0.05, 0) is 42.8 Å². The van der Waals surface area contributed by atoms with Crippen LogP contribution in [0.25, 0.3) is 16.7 Å². The zero-order valence-corrected chi connectivity index (χ0v) is 19.7. The maximum absolute atomic E-state index is 13.3. The van der Waals surface area contributed by atoms with Crippen LogP contribution in [0.2, 0.25) is 0 Å². The summed E-state index contributed by atoms with van der Waals surface area (Å²) in [5, 5.41) is 10.1. The molecular weight excluding hydrogens is 450 g/mol. The van der Waals surface area contributed by atoms with Crippen molar-refractivity contribution in [2.45, 2.75) is 13.5 Å². The topological polar surface area (TPSA) is 120 Å². The Morgan fingerprint density at radius 1 is 1.11 bits per heavy atom. The molecule has 0 unspecified atom stereocenters. The second-order valence-corrected chi connectivity index (χ2v) is 7.66. The number of carbonyl (C=O) groups is 1. The second-order valence-electron chi connectivity index (χ2n) is 7.66. The highest BCUT2D eigenvalue weighted by atomic mass is 16.5. The SMILES string of the molecule is COCCn1c(=NC(=O)c2ccc(OC)c(OC)c2)c(C#N)cc2c(=O)n3cccc(C)c3nc21. The summed E-state index contributed by atoms with van der Waals surface area (Å²) in [4.78, 5) is 35.4. The van der Waals surface area contributed by atoms with Gasteiger partial charge in [-0.3, -0.25) is 14.0 Å². The maximum atomic E-state index is 13.3. The molecule has 0 spiro atoms. The number of aromatic nitrogens is 3. The minimum atomic E-state index is -0.596. The molecule has 0 saturated heterocycles. The third-order valence-corrected chi connectivity index (χ3v) is 5.58. The number of rotatable bonds is 6. The van der Waals surface area contributed by atoms with E-state index in [9.17, 15) is 14.9 Å². The molecule has 35 heavy (non-hydrogen) atoms. The fourth-order valence-corrected chi connectivity index (χ4v) is 3.81. The van der Waals surface area contributed by atoms with Gasteiger partial charge in [0.25, 0.3) is 11.5 Å². The Bertz CT molecular complexity index is 1630. The van der Waals surface area contributed by atoms with E-state index in [1.165, 1.54) is 37.9 Å². The molecule has 3 aromatic heterocycles. The predicted octanol–water partition coefficient (Wildman–Crippen LogP) is 2.23. The minimum Gasteiger partial charge on any atom is -0.493 e. The van der Waals surface area contributed by atoms with Gasteiger partial charge in [-0.15, -0.1) is 0 Å². The van der Waals surface area contributed by atoms with Crippen LogP contribution in [0, 0.1) is 18.3 Å². The normalized spacial score (nSPS) is 11.6. The molecule has 1 aromatic carbocycles. The molecule has 4 rings (SSSR count). The smallest absolute Gasteiger partial charge is 0.279 e. The molecule has 0 bridgehead atoms. The van der Waals surface area contributed by atoms with Gasteiger partial charge in [-0.1, -0.05) is 6.07 Å². The number of fused-ring (bicyclic) bond motifs is 2. The third-order valence-electron chi connectivity index (χ3n) is 5.58. The van der Waals surface area contributed by atoms with Gasteiger partial charge in [0.1, 0.15) is 17.4 Å².